The van der Waals surface area contributed by atoms with Crippen LogP contribution in [0.15, 0.2) is 0 Å². The Labute approximate surface area is 81.2 Å². The molecule has 2 nitrogen and oxygen atoms in total. The van der Waals surface area contributed by atoms with E-state index in [0.29, 0.717) is 0 Å². The van der Waals surface area contributed by atoms with Crippen molar-refractivity contribution in [3.05, 3.63) is 0 Å². The first-order valence-corrected chi connectivity index (χ1v) is 4.39. The zero-order valence-corrected chi connectivity index (χ0v) is 8.59. The van der Waals surface area contributed by atoms with Gasteiger partial charge in [-0.25, -0.2) is 0 Å². The molecule has 1 amide bonds. The van der Waals surface area contributed by atoms with Crippen molar-refractivity contribution in [2.75, 3.05) is 0 Å². The second-order valence-corrected chi connectivity index (χ2v) is 4.56. The largest absolute Gasteiger partial charge is 0.350 e. The summed E-state index contributed by atoms with van der Waals surface area (Å²) in [5, 5.41) is 2.53. The highest BCUT2D eigenvalue weighted by Crippen LogP contribution is 2.25. The van der Waals surface area contributed by atoms with Gasteiger partial charge in [0.15, 0.2) is 0 Å². The number of halogens is 3. The molecular weight excluding hydrogens is 208 g/mol. The molecule has 5 heteroatoms. The number of carbonyl (C=O) groups is 1. The molecule has 66 valence electrons. The van der Waals surface area contributed by atoms with E-state index >= 15 is 0 Å². The van der Waals surface area contributed by atoms with Crippen LogP contribution in [0.25, 0.3) is 0 Å². The van der Waals surface area contributed by atoms with Crippen molar-refractivity contribution in [2.45, 2.75) is 30.1 Å². The van der Waals surface area contributed by atoms with Gasteiger partial charge in [0, 0.05) is 6.04 Å². The van der Waals surface area contributed by atoms with Crippen molar-refractivity contribution in [3.8, 4) is 0 Å². The maximum Gasteiger partial charge on any atom is 0.272 e. The zero-order chi connectivity index (χ0) is 9.07. The molecule has 0 saturated heterocycles. The minimum absolute atomic E-state index is 0.0399. The van der Waals surface area contributed by atoms with E-state index in [-0.39, 0.29) is 6.04 Å². The van der Waals surface area contributed by atoms with Gasteiger partial charge < -0.3 is 5.32 Å². The van der Waals surface area contributed by atoms with Gasteiger partial charge in [-0.3, -0.25) is 4.79 Å². The highest BCUT2D eigenvalue weighted by Gasteiger charge is 2.30. The fraction of sp³-hybridized carbons (Fsp3) is 0.833. The van der Waals surface area contributed by atoms with Gasteiger partial charge >= 0.3 is 0 Å². The van der Waals surface area contributed by atoms with Gasteiger partial charge in [0.2, 0.25) is 0 Å². The van der Waals surface area contributed by atoms with Crippen LogP contribution in [-0.2, 0) is 4.79 Å². The summed E-state index contributed by atoms with van der Waals surface area (Å²) in [6.45, 7) is 3.78. The van der Waals surface area contributed by atoms with Crippen LogP contribution in [-0.4, -0.2) is 15.7 Å². The SMILES string of the molecule is CCC(C)NC(=O)C(Cl)(Cl)Cl. The standard InChI is InChI=1S/C6H10Cl3NO/c1-3-4(2)10-5(11)6(7,8)9/h4H,3H2,1-2H3,(H,10,11). The predicted molar refractivity (Wildman–Crippen MR) is 48.2 cm³/mol. The van der Waals surface area contributed by atoms with Crippen LogP contribution in [0.2, 0.25) is 0 Å². The Morgan fingerprint density at radius 3 is 2.27 bits per heavy atom. The van der Waals surface area contributed by atoms with Crippen molar-refractivity contribution < 1.29 is 4.79 Å². The first-order valence-electron chi connectivity index (χ1n) is 3.25. The number of hydrogen-bond donors (Lipinski definition) is 1. The van der Waals surface area contributed by atoms with Crippen LogP contribution in [0.4, 0.5) is 0 Å². The van der Waals surface area contributed by atoms with E-state index < -0.39 is 9.70 Å². The zero-order valence-electron chi connectivity index (χ0n) is 6.33. The molecule has 0 saturated carbocycles. The predicted octanol–water partition coefficient (Wildman–Crippen LogP) is 2.27. The third kappa shape index (κ3) is 4.72. The molecule has 0 aliphatic heterocycles. The molecule has 0 heterocycles. The summed E-state index contributed by atoms with van der Waals surface area (Å²) in [7, 11) is 0. The maximum absolute atomic E-state index is 10.9. The molecule has 1 unspecified atom stereocenters. The normalized spacial score (nSPS) is 14.3. The molecule has 0 radical (unpaired) electrons. The quantitative estimate of drug-likeness (QED) is 0.708. The third-order valence-corrected chi connectivity index (χ3v) is 1.76. The lowest BCUT2D eigenvalue weighted by Gasteiger charge is -2.15. The average Bonchev–Trinajstić information content (AvgIpc) is 1.85. The molecule has 0 bridgehead atoms. The lowest BCUT2D eigenvalue weighted by molar-refractivity contribution is -0.120. The van der Waals surface area contributed by atoms with Gasteiger partial charge in [-0.2, -0.15) is 0 Å². The Hall–Kier alpha value is 0.340. The Kier molecular flexibility index (Phi) is 4.52. The van der Waals surface area contributed by atoms with Crippen molar-refractivity contribution >= 4 is 40.7 Å². The third-order valence-electron chi connectivity index (χ3n) is 1.25. The van der Waals surface area contributed by atoms with Crippen LogP contribution in [0.3, 0.4) is 0 Å². The maximum atomic E-state index is 10.9. The molecule has 0 rings (SSSR count). The number of nitrogens with one attached hydrogen (secondary N) is 1. The highest BCUT2D eigenvalue weighted by molar-refractivity contribution is 6.76. The summed E-state index contributed by atoms with van der Waals surface area (Å²) in [5.74, 6) is -0.572. The second-order valence-electron chi connectivity index (χ2n) is 2.28. The Morgan fingerprint density at radius 1 is 1.55 bits per heavy atom. The molecule has 0 fully saturated rings. The van der Waals surface area contributed by atoms with Crippen molar-refractivity contribution in [1.29, 1.82) is 0 Å². The molecule has 0 spiro atoms. The summed E-state index contributed by atoms with van der Waals surface area (Å²) < 4.78 is -1.84. The van der Waals surface area contributed by atoms with Gasteiger partial charge in [0.25, 0.3) is 9.70 Å². The number of hydrogen-bond acceptors (Lipinski definition) is 1. The monoisotopic (exact) mass is 217 g/mol. The van der Waals surface area contributed by atoms with Crippen LogP contribution in [0, 0.1) is 0 Å². The summed E-state index contributed by atoms with van der Waals surface area (Å²) in [6.07, 6.45) is 0.812. The molecular formula is C6H10Cl3NO. The van der Waals surface area contributed by atoms with E-state index in [1.54, 1.807) is 0 Å². The lowest BCUT2D eigenvalue weighted by Crippen LogP contribution is -2.39. The van der Waals surface area contributed by atoms with E-state index in [1.165, 1.54) is 0 Å². The fourth-order valence-corrected chi connectivity index (χ4v) is 0.571. The van der Waals surface area contributed by atoms with E-state index in [9.17, 15) is 4.79 Å². The molecule has 11 heavy (non-hydrogen) atoms. The van der Waals surface area contributed by atoms with Crippen LogP contribution in [0.5, 0.6) is 0 Å². The first-order chi connectivity index (χ1) is 4.88. The summed E-state index contributed by atoms with van der Waals surface area (Å²) in [4.78, 5) is 10.9. The van der Waals surface area contributed by atoms with Gasteiger partial charge in [0.1, 0.15) is 0 Å². The van der Waals surface area contributed by atoms with Crippen LogP contribution in [0.1, 0.15) is 20.3 Å². The van der Waals surface area contributed by atoms with Crippen molar-refractivity contribution in [1.82, 2.24) is 5.32 Å². The van der Waals surface area contributed by atoms with E-state index in [1.807, 2.05) is 13.8 Å². The molecule has 0 aliphatic carbocycles. The summed E-state index contributed by atoms with van der Waals surface area (Å²) >= 11 is 15.9. The Bertz CT molecular complexity index is 143. The van der Waals surface area contributed by atoms with E-state index in [2.05, 4.69) is 5.32 Å². The average molecular weight is 219 g/mol. The van der Waals surface area contributed by atoms with Gasteiger partial charge in [-0.15, -0.1) is 0 Å². The molecule has 0 aromatic rings. The van der Waals surface area contributed by atoms with Crippen molar-refractivity contribution in [3.63, 3.8) is 0 Å². The number of rotatable bonds is 2. The number of alkyl halides is 3. The Morgan fingerprint density at radius 2 is 2.00 bits per heavy atom. The minimum atomic E-state index is -1.84. The van der Waals surface area contributed by atoms with Crippen molar-refractivity contribution in [2.24, 2.45) is 0 Å². The lowest BCUT2D eigenvalue weighted by atomic mass is 10.3. The highest BCUT2D eigenvalue weighted by atomic mass is 35.6. The molecule has 1 N–H and O–H groups in total. The molecule has 0 aromatic heterocycles. The topological polar surface area (TPSA) is 29.1 Å². The fourth-order valence-electron chi connectivity index (χ4n) is 0.408. The van der Waals surface area contributed by atoms with Crippen LogP contribution >= 0.6 is 34.8 Å². The second kappa shape index (κ2) is 4.39. The molecule has 0 aromatic carbocycles. The molecule has 0 aliphatic rings. The number of amides is 1. The van der Waals surface area contributed by atoms with E-state index in [0.717, 1.165) is 6.42 Å². The smallest absolute Gasteiger partial charge is 0.272 e. The van der Waals surface area contributed by atoms with Crippen LogP contribution < -0.4 is 5.32 Å². The first kappa shape index (κ1) is 11.3. The Balaban J connectivity index is 3.88. The van der Waals surface area contributed by atoms with Gasteiger partial charge in [-0.05, 0) is 13.3 Å². The van der Waals surface area contributed by atoms with Gasteiger partial charge in [0.05, 0.1) is 0 Å². The minimum Gasteiger partial charge on any atom is -0.350 e. The summed E-state index contributed by atoms with van der Waals surface area (Å²) in [5.41, 5.74) is 0. The van der Waals surface area contributed by atoms with E-state index in [4.69, 9.17) is 34.8 Å². The summed E-state index contributed by atoms with van der Waals surface area (Å²) in [6, 6.07) is 0.0399. The number of carbonyl (C=O) groups excluding carboxylic acids is 1. The van der Waals surface area contributed by atoms with Gasteiger partial charge in [-0.1, -0.05) is 41.7 Å². The molecule has 1 atom stereocenters.